The second kappa shape index (κ2) is 10.4. The van der Waals surface area contributed by atoms with Gasteiger partial charge in [0, 0.05) is 11.6 Å². The Hall–Kier alpha value is -3.40. The summed E-state index contributed by atoms with van der Waals surface area (Å²) in [6, 6.07) is 10.0. The summed E-state index contributed by atoms with van der Waals surface area (Å²) in [6.07, 6.45) is -1.47. The normalized spacial score (nSPS) is 11.2. The maximum atomic E-state index is 12.7. The van der Waals surface area contributed by atoms with E-state index < -0.39 is 11.7 Å². The summed E-state index contributed by atoms with van der Waals surface area (Å²) in [5.41, 5.74) is 0.208. The first-order chi connectivity index (χ1) is 14.2. The highest BCUT2D eigenvalue weighted by molar-refractivity contribution is 5.91. The Morgan fingerprint density at radius 2 is 1.93 bits per heavy atom. The van der Waals surface area contributed by atoms with E-state index in [2.05, 4.69) is 17.2 Å². The predicted molar refractivity (Wildman–Crippen MR) is 109 cm³/mol. The molecule has 30 heavy (non-hydrogen) atoms. The molecule has 0 atom stereocenters. The fraction of sp³-hybridized carbons (Fsp3) is 0.261. The Balaban J connectivity index is 1.93. The third-order valence-electron chi connectivity index (χ3n) is 3.75. The first-order valence-electron chi connectivity index (χ1n) is 9.16. The van der Waals surface area contributed by atoms with Gasteiger partial charge in [-0.05, 0) is 55.8 Å². The van der Waals surface area contributed by atoms with E-state index >= 15 is 0 Å². The van der Waals surface area contributed by atoms with Crippen LogP contribution in [0.1, 0.15) is 30.5 Å². The van der Waals surface area contributed by atoms with Crippen LogP contribution in [-0.2, 0) is 11.0 Å². The maximum absolute atomic E-state index is 12.7. The third-order valence-corrected chi connectivity index (χ3v) is 3.75. The lowest BCUT2D eigenvalue weighted by Crippen LogP contribution is -2.20. The van der Waals surface area contributed by atoms with E-state index in [1.54, 1.807) is 24.3 Å². The monoisotopic (exact) mass is 417 g/mol. The molecule has 2 aromatic rings. The standard InChI is InChI=1S/C23H22F3NO3/c1-16(2)30-20-11-9-18(15-21(20)29-3)10-12-22(28)27-13-5-7-17-6-4-8-19(14-17)23(24,25)26/h4,6,8-12,14-16H,13H2,1-3H3,(H,27,28)/b12-10+. The van der Waals surface area contributed by atoms with Gasteiger partial charge in [-0.2, -0.15) is 13.2 Å². The van der Waals surface area contributed by atoms with Gasteiger partial charge < -0.3 is 14.8 Å². The molecular weight excluding hydrogens is 395 g/mol. The Kier molecular flexibility index (Phi) is 7.93. The van der Waals surface area contributed by atoms with Crippen molar-refractivity contribution in [3.8, 4) is 23.3 Å². The Morgan fingerprint density at radius 1 is 1.17 bits per heavy atom. The number of alkyl halides is 3. The smallest absolute Gasteiger partial charge is 0.416 e. The Labute approximate surface area is 173 Å². The van der Waals surface area contributed by atoms with Crippen LogP contribution in [0.2, 0.25) is 0 Å². The highest BCUT2D eigenvalue weighted by Gasteiger charge is 2.30. The van der Waals surface area contributed by atoms with Crippen LogP contribution in [0.5, 0.6) is 11.5 Å². The number of amides is 1. The van der Waals surface area contributed by atoms with E-state index in [1.807, 2.05) is 13.8 Å². The van der Waals surface area contributed by atoms with Crippen molar-refractivity contribution in [1.82, 2.24) is 5.32 Å². The van der Waals surface area contributed by atoms with Crippen LogP contribution in [-0.4, -0.2) is 25.7 Å². The first kappa shape index (κ1) is 22.9. The second-order valence-electron chi connectivity index (χ2n) is 6.51. The van der Waals surface area contributed by atoms with Gasteiger partial charge >= 0.3 is 6.18 Å². The molecular formula is C23H22F3NO3. The minimum atomic E-state index is -4.42. The van der Waals surface area contributed by atoms with E-state index in [0.29, 0.717) is 11.5 Å². The molecule has 0 fully saturated rings. The summed E-state index contributed by atoms with van der Waals surface area (Å²) in [5, 5.41) is 2.56. The molecule has 0 saturated heterocycles. The number of ether oxygens (including phenoxy) is 2. The number of rotatable bonds is 6. The summed E-state index contributed by atoms with van der Waals surface area (Å²) in [4.78, 5) is 11.9. The first-order valence-corrected chi connectivity index (χ1v) is 9.16. The molecule has 0 aliphatic carbocycles. The van der Waals surface area contributed by atoms with Crippen molar-refractivity contribution in [3.05, 3.63) is 65.2 Å². The molecule has 0 aliphatic heterocycles. The molecule has 0 aliphatic rings. The lowest BCUT2D eigenvalue weighted by molar-refractivity contribution is -0.137. The van der Waals surface area contributed by atoms with Gasteiger partial charge in [0.05, 0.1) is 25.3 Å². The molecule has 0 aromatic heterocycles. The number of carbonyl (C=O) groups is 1. The van der Waals surface area contributed by atoms with Crippen LogP contribution in [0.3, 0.4) is 0 Å². The average Bonchev–Trinajstić information content (AvgIpc) is 2.69. The summed E-state index contributed by atoms with van der Waals surface area (Å²) in [6.45, 7) is 3.82. The SMILES string of the molecule is COc1cc(/C=C/C(=O)NCC#Cc2cccc(C(F)(F)F)c2)ccc1OC(C)C. The van der Waals surface area contributed by atoms with E-state index in [9.17, 15) is 18.0 Å². The van der Waals surface area contributed by atoms with Crippen molar-refractivity contribution < 1.29 is 27.4 Å². The van der Waals surface area contributed by atoms with Crippen LogP contribution in [0.25, 0.3) is 6.08 Å². The van der Waals surface area contributed by atoms with Gasteiger partial charge in [0.1, 0.15) is 0 Å². The number of halogens is 3. The molecule has 1 amide bonds. The van der Waals surface area contributed by atoms with Crippen LogP contribution in [0.15, 0.2) is 48.5 Å². The van der Waals surface area contributed by atoms with Crippen molar-refractivity contribution in [1.29, 1.82) is 0 Å². The molecule has 4 nitrogen and oxygen atoms in total. The molecule has 0 bridgehead atoms. The molecule has 2 aromatic carbocycles. The van der Waals surface area contributed by atoms with Crippen molar-refractivity contribution in [2.75, 3.05) is 13.7 Å². The van der Waals surface area contributed by atoms with Crippen LogP contribution >= 0.6 is 0 Å². The molecule has 7 heteroatoms. The van der Waals surface area contributed by atoms with E-state index in [1.165, 1.54) is 25.3 Å². The summed E-state index contributed by atoms with van der Waals surface area (Å²) < 4.78 is 49.0. The van der Waals surface area contributed by atoms with E-state index in [-0.39, 0.29) is 24.1 Å². The lowest BCUT2D eigenvalue weighted by atomic mass is 10.1. The third kappa shape index (κ3) is 7.21. The van der Waals surface area contributed by atoms with Crippen LogP contribution < -0.4 is 14.8 Å². The molecule has 0 spiro atoms. The number of benzene rings is 2. The van der Waals surface area contributed by atoms with Crippen LogP contribution in [0.4, 0.5) is 13.2 Å². The number of carbonyl (C=O) groups excluding carboxylic acids is 1. The minimum Gasteiger partial charge on any atom is -0.493 e. The van der Waals surface area contributed by atoms with Gasteiger partial charge in [-0.25, -0.2) is 0 Å². The predicted octanol–water partition coefficient (Wildman–Crippen LogP) is 4.68. The van der Waals surface area contributed by atoms with E-state index in [0.717, 1.165) is 17.7 Å². The number of hydrogen-bond acceptors (Lipinski definition) is 3. The topological polar surface area (TPSA) is 47.6 Å². The molecule has 0 saturated carbocycles. The zero-order valence-electron chi connectivity index (χ0n) is 16.8. The molecule has 0 radical (unpaired) electrons. The highest BCUT2D eigenvalue weighted by Crippen LogP contribution is 2.30. The maximum Gasteiger partial charge on any atom is 0.416 e. The Bertz CT molecular complexity index is 970. The van der Waals surface area contributed by atoms with Gasteiger partial charge in [-0.3, -0.25) is 4.79 Å². The van der Waals surface area contributed by atoms with Gasteiger partial charge in [0.2, 0.25) is 5.91 Å². The average molecular weight is 417 g/mol. The van der Waals surface area contributed by atoms with Gasteiger partial charge in [-0.15, -0.1) is 0 Å². The highest BCUT2D eigenvalue weighted by atomic mass is 19.4. The summed E-state index contributed by atoms with van der Waals surface area (Å²) in [5.74, 6) is 6.02. The Morgan fingerprint density at radius 3 is 2.60 bits per heavy atom. The van der Waals surface area contributed by atoms with Crippen molar-refractivity contribution >= 4 is 12.0 Å². The summed E-state index contributed by atoms with van der Waals surface area (Å²) in [7, 11) is 1.53. The zero-order valence-corrected chi connectivity index (χ0v) is 16.8. The van der Waals surface area contributed by atoms with E-state index in [4.69, 9.17) is 9.47 Å². The van der Waals surface area contributed by atoms with Crippen molar-refractivity contribution in [2.45, 2.75) is 26.1 Å². The zero-order chi connectivity index (χ0) is 22.1. The number of nitrogens with one attached hydrogen (secondary N) is 1. The van der Waals surface area contributed by atoms with Gasteiger partial charge in [-0.1, -0.05) is 24.0 Å². The van der Waals surface area contributed by atoms with Crippen molar-refractivity contribution in [3.63, 3.8) is 0 Å². The largest absolute Gasteiger partial charge is 0.493 e. The van der Waals surface area contributed by atoms with Crippen LogP contribution in [0, 0.1) is 11.8 Å². The van der Waals surface area contributed by atoms with Crippen molar-refractivity contribution in [2.24, 2.45) is 0 Å². The minimum absolute atomic E-state index is 0.00289. The summed E-state index contributed by atoms with van der Waals surface area (Å²) >= 11 is 0. The molecule has 2 rings (SSSR count). The fourth-order valence-corrected chi connectivity index (χ4v) is 2.42. The second-order valence-corrected chi connectivity index (χ2v) is 6.51. The fourth-order valence-electron chi connectivity index (χ4n) is 2.42. The molecule has 158 valence electrons. The molecule has 0 unspecified atom stereocenters. The lowest BCUT2D eigenvalue weighted by Gasteiger charge is -2.13. The quantitative estimate of drug-likeness (QED) is 0.548. The number of methoxy groups -OCH3 is 1. The van der Waals surface area contributed by atoms with Gasteiger partial charge in [0.25, 0.3) is 0 Å². The molecule has 0 heterocycles. The molecule has 1 N–H and O–H groups in total. The van der Waals surface area contributed by atoms with Gasteiger partial charge in [0.15, 0.2) is 11.5 Å². The number of hydrogen-bond donors (Lipinski definition) is 1.